The fourth-order valence-electron chi connectivity index (χ4n) is 2.62. The lowest BCUT2D eigenvalue weighted by molar-refractivity contribution is -0.134. The van der Waals surface area contributed by atoms with E-state index >= 15 is 0 Å². The number of nitrogens with zero attached hydrogens (tertiary/aromatic N) is 1. The molecule has 1 atom stereocenters. The first-order valence-corrected chi connectivity index (χ1v) is 8.82. The maximum absolute atomic E-state index is 12.1. The molecule has 0 spiro atoms. The summed E-state index contributed by atoms with van der Waals surface area (Å²) >= 11 is 0. The Morgan fingerprint density at radius 2 is 1.87 bits per heavy atom. The predicted octanol–water partition coefficient (Wildman–Crippen LogP) is 3.83. The third-order valence-corrected chi connectivity index (χ3v) is 6.05. The molecule has 4 nitrogen and oxygen atoms in total. The highest BCUT2D eigenvalue weighted by molar-refractivity contribution is 8.17. The van der Waals surface area contributed by atoms with Crippen molar-refractivity contribution in [1.82, 2.24) is 9.97 Å². The number of hydrogen-bond donors (Lipinski definition) is 1. The SMILES string of the molecule is O=C1OC=CC1[S](Cc1ccccc1)c1nc2ccccc2[nH]1. The van der Waals surface area contributed by atoms with Crippen LogP contribution in [0.5, 0.6) is 0 Å². The Labute approximate surface area is 136 Å². The van der Waals surface area contributed by atoms with Crippen LogP contribution in [0.3, 0.4) is 0 Å². The molecule has 3 aromatic rings. The van der Waals surface area contributed by atoms with Crippen molar-refractivity contribution in [3.63, 3.8) is 0 Å². The molecule has 0 amide bonds. The summed E-state index contributed by atoms with van der Waals surface area (Å²) in [7, 11) is -0.405. The van der Waals surface area contributed by atoms with Gasteiger partial charge in [-0.1, -0.05) is 42.5 Å². The number of benzene rings is 2. The number of H-pyrrole nitrogens is 1. The largest absolute Gasteiger partial charge is 0.434 e. The molecule has 0 saturated heterocycles. The van der Waals surface area contributed by atoms with Crippen molar-refractivity contribution in [2.45, 2.75) is 16.2 Å². The lowest BCUT2D eigenvalue weighted by atomic mass is 10.2. The molecule has 2 heterocycles. The van der Waals surface area contributed by atoms with Crippen molar-refractivity contribution in [1.29, 1.82) is 0 Å². The summed E-state index contributed by atoms with van der Waals surface area (Å²) in [6.45, 7) is 0. The van der Waals surface area contributed by atoms with Gasteiger partial charge in [0.2, 0.25) is 0 Å². The molecule has 1 aromatic heterocycles. The third kappa shape index (κ3) is 2.75. The molecule has 1 N–H and O–H groups in total. The average Bonchev–Trinajstić information content (AvgIpc) is 3.19. The number of para-hydroxylation sites is 2. The highest BCUT2D eigenvalue weighted by Gasteiger charge is 2.32. The van der Waals surface area contributed by atoms with Crippen molar-refractivity contribution in [3.8, 4) is 0 Å². The van der Waals surface area contributed by atoms with E-state index in [1.54, 1.807) is 0 Å². The number of nitrogens with one attached hydrogen (secondary N) is 1. The van der Waals surface area contributed by atoms with Crippen LogP contribution in [0.15, 0.2) is 72.1 Å². The Morgan fingerprint density at radius 3 is 2.61 bits per heavy atom. The van der Waals surface area contributed by atoms with Crippen molar-refractivity contribution in [2.24, 2.45) is 0 Å². The van der Waals surface area contributed by atoms with Gasteiger partial charge in [-0.2, -0.15) is 0 Å². The average molecular weight is 323 g/mol. The summed E-state index contributed by atoms with van der Waals surface area (Å²) in [4.78, 5) is 20.2. The maximum Gasteiger partial charge on any atom is 0.327 e. The fourth-order valence-corrected chi connectivity index (χ4v) is 4.73. The van der Waals surface area contributed by atoms with E-state index in [1.165, 1.54) is 11.8 Å². The minimum absolute atomic E-state index is 0.204. The first kappa shape index (κ1) is 14.1. The van der Waals surface area contributed by atoms with E-state index in [0.717, 1.165) is 21.9 Å². The Hall–Kier alpha value is -2.53. The second-order valence-corrected chi connectivity index (χ2v) is 7.34. The first-order chi connectivity index (χ1) is 11.3. The molecular formula is C18H15N2O2S. The van der Waals surface area contributed by atoms with Gasteiger partial charge in [0.15, 0.2) is 5.16 Å². The van der Waals surface area contributed by atoms with Gasteiger partial charge in [0.25, 0.3) is 0 Å². The summed E-state index contributed by atoms with van der Waals surface area (Å²) in [5, 5.41) is 0.569. The van der Waals surface area contributed by atoms with E-state index in [1.807, 2.05) is 48.5 Å². The van der Waals surface area contributed by atoms with Gasteiger partial charge in [0.05, 0.1) is 17.3 Å². The van der Waals surface area contributed by atoms with E-state index < -0.39 is 10.9 Å². The summed E-state index contributed by atoms with van der Waals surface area (Å²) in [5.41, 5.74) is 3.09. The molecule has 0 aliphatic carbocycles. The van der Waals surface area contributed by atoms with Crippen LogP contribution in [-0.2, 0) is 15.3 Å². The molecule has 1 aliphatic heterocycles. The smallest absolute Gasteiger partial charge is 0.327 e. The van der Waals surface area contributed by atoms with Crippen LogP contribution in [0.1, 0.15) is 5.56 Å². The monoisotopic (exact) mass is 323 g/mol. The van der Waals surface area contributed by atoms with Crippen LogP contribution in [0, 0.1) is 0 Å². The summed E-state index contributed by atoms with van der Waals surface area (Å²) in [6.07, 6.45) is 3.32. The lowest BCUT2D eigenvalue weighted by Crippen LogP contribution is -2.17. The molecule has 23 heavy (non-hydrogen) atoms. The van der Waals surface area contributed by atoms with Crippen LogP contribution in [-0.4, -0.2) is 21.2 Å². The minimum atomic E-state index is -0.405. The second kappa shape index (κ2) is 5.93. The third-order valence-electron chi connectivity index (χ3n) is 3.76. The number of hydrogen-bond acceptors (Lipinski definition) is 3. The van der Waals surface area contributed by atoms with Crippen LogP contribution >= 0.6 is 10.9 Å². The van der Waals surface area contributed by atoms with Gasteiger partial charge >= 0.3 is 5.97 Å². The van der Waals surface area contributed by atoms with Gasteiger partial charge in [-0.05, 0) is 23.8 Å². The molecule has 0 saturated carbocycles. The number of rotatable bonds is 4. The number of cyclic esters (lactones) is 1. The quantitative estimate of drug-likeness (QED) is 0.742. The zero-order valence-corrected chi connectivity index (χ0v) is 13.1. The van der Waals surface area contributed by atoms with Crippen LogP contribution in [0.4, 0.5) is 0 Å². The van der Waals surface area contributed by atoms with Gasteiger partial charge in [-0.3, -0.25) is 4.79 Å². The van der Waals surface area contributed by atoms with Crippen molar-refractivity contribution in [3.05, 3.63) is 72.5 Å². The zero-order chi connectivity index (χ0) is 15.6. The number of aromatic amines is 1. The van der Waals surface area contributed by atoms with E-state index in [4.69, 9.17) is 9.72 Å². The Balaban J connectivity index is 1.74. The summed E-state index contributed by atoms with van der Waals surface area (Å²) < 4.78 is 5.03. The second-order valence-electron chi connectivity index (χ2n) is 5.30. The van der Waals surface area contributed by atoms with Crippen LogP contribution in [0.2, 0.25) is 0 Å². The van der Waals surface area contributed by atoms with Crippen LogP contribution in [0.25, 0.3) is 11.0 Å². The molecule has 0 bridgehead atoms. The Kier molecular flexibility index (Phi) is 3.63. The predicted molar refractivity (Wildman–Crippen MR) is 91.1 cm³/mol. The molecule has 1 aliphatic rings. The van der Waals surface area contributed by atoms with Crippen molar-refractivity contribution in [2.75, 3.05) is 0 Å². The van der Waals surface area contributed by atoms with Crippen molar-refractivity contribution < 1.29 is 9.53 Å². The molecular weight excluding hydrogens is 308 g/mol. The van der Waals surface area contributed by atoms with Gasteiger partial charge < -0.3 is 9.72 Å². The number of aromatic nitrogens is 2. The summed E-state index contributed by atoms with van der Waals surface area (Å²) in [6, 6.07) is 18.1. The van der Waals surface area contributed by atoms with E-state index in [9.17, 15) is 4.79 Å². The number of ether oxygens (including phenoxy) is 1. The Morgan fingerprint density at radius 1 is 1.09 bits per heavy atom. The number of carbonyl (C=O) groups excluding carboxylic acids is 1. The lowest BCUT2D eigenvalue weighted by Gasteiger charge is -2.20. The van der Waals surface area contributed by atoms with E-state index in [-0.39, 0.29) is 11.2 Å². The molecule has 2 aromatic carbocycles. The standard InChI is InChI=1S/C18H15N2O2S/c21-17-16(10-11-22-17)23(12-13-6-2-1-3-7-13)18-19-14-8-4-5-9-15(14)20-18/h1-11,16H,12H2,(H,19,20). The van der Waals surface area contributed by atoms with Gasteiger partial charge in [0.1, 0.15) is 5.25 Å². The Bertz CT molecular complexity index is 840. The maximum atomic E-state index is 12.1. The van der Waals surface area contributed by atoms with E-state index in [0.29, 0.717) is 0 Å². The zero-order valence-electron chi connectivity index (χ0n) is 12.3. The normalized spacial score (nSPS) is 17.1. The first-order valence-electron chi connectivity index (χ1n) is 7.37. The molecule has 1 radical (unpaired) electrons. The number of carbonyl (C=O) groups is 1. The number of imidazole rings is 1. The summed E-state index contributed by atoms with van der Waals surface area (Å²) in [5.74, 6) is 0.551. The number of esters is 1. The highest BCUT2D eigenvalue weighted by Crippen LogP contribution is 2.45. The fraction of sp³-hybridized carbons (Fsp3) is 0.111. The topological polar surface area (TPSA) is 55.0 Å². The molecule has 1 unspecified atom stereocenters. The van der Waals surface area contributed by atoms with Crippen molar-refractivity contribution >= 4 is 27.9 Å². The molecule has 5 heteroatoms. The highest BCUT2D eigenvalue weighted by atomic mass is 32.2. The van der Waals surface area contributed by atoms with Gasteiger partial charge in [0, 0.05) is 5.75 Å². The number of fused-ring (bicyclic) bond motifs is 1. The molecule has 0 fully saturated rings. The molecule has 4 rings (SSSR count). The minimum Gasteiger partial charge on any atom is -0.434 e. The van der Waals surface area contributed by atoms with Gasteiger partial charge in [-0.25, -0.2) is 4.98 Å². The van der Waals surface area contributed by atoms with E-state index in [2.05, 4.69) is 17.1 Å². The van der Waals surface area contributed by atoms with Crippen LogP contribution < -0.4 is 0 Å². The van der Waals surface area contributed by atoms with Gasteiger partial charge in [-0.15, -0.1) is 10.9 Å². The molecule has 115 valence electrons.